The van der Waals surface area contributed by atoms with Gasteiger partial charge in [-0.15, -0.1) is 0 Å². The quantitative estimate of drug-likeness (QED) is 0.166. The molecule has 1 fully saturated rings. The fraction of sp³-hybridized carbons (Fsp3) is 0.750. The summed E-state index contributed by atoms with van der Waals surface area (Å²) >= 11 is 0. The topological polar surface area (TPSA) is 167 Å². The molecule has 10 unspecified atom stereocenters. The summed E-state index contributed by atoms with van der Waals surface area (Å²) in [7, 11) is 8.37. The van der Waals surface area contributed by atoms with Crippen LogP contribution in [0, 0.1) is 17.8 Å². The van der Waals surface area contributed by atoms with Gasteiger partial charge >= 0.3 is 0 Å². The second-order valence-electron chi connectivity index (χ2n) is 15.1. The normalized spacial score (nSPS) is 20.3. The van der Waals surface area contributed by atoms with Gasteiger partial charge in [-0.3, -0.25) is 24.1 Å². The number of rotatable bonds is 19. The van der Waals surface area contributed by atoms with Crippen molar-refractivity contribution in [3.05, 3.63) is 35.9 Å². The molecule has 5 N–H and O–H groups in total. The van der Waals surface area contributed by atoms with Crippen LogP contribution < -0.4 is 16.4 Å². The van der Waals surface area contributed by atoms with Crippen LogP contribution in [0.1, 0.15) is 99.2 Å². The van der Waals surface area contributed by atoms with Crippen LogP contribution in [-0.4, -0.2) is 128 Å². The first kappa shape index (κ1) is 47.9. The van der Waals surface area contributed by atoms with E-state index >= 15 is 0 Å². The average molecular weight is 749 g/mol. The van der Waals surface area contributed by atoms with Crippen LogP contribution in [0.5, 0.6) is 0 Å². The van der Waals surface area contributed by atoms with Crippen molar-refractivity contribution in [3.63, 3.8) is 0 Å². The number of nitrogens with zero attached hydrogens (tertiary/aromatic N) is 3. The van der Waals surface area contributed by atoms with E-state index in [0.717, 1.165) is 6.42 Å². The summed E-state index contributed by atoms with van der Waals surface area (Å²) in [4.78, 5) is 58.9. The average Bonchev–Trinajstić information content (AvgIpc) is 3.50. The van der Waals surface area contributed by atoms with E-state index in [1.165, 1.54) is 20.6 Å². The Morgan fingerprint density at radius 3 is 2.02 bits per heavy atom. The summed E-state index contributed by atoms with van der Waals surface area (Å²) in [6.07, 6.45) is 0.189. The van der Waals surface area contributed by atoms with Crippen molar-refractivity contribution in [3.8, 4) is 0 Å². The first-order valence-corrected chi connectivity index (χ1v) is 19.3. The lowest BCUT2D eigenvalue weighted by Gasteiger charge is -2.40. The molecule has 10 atom stereocenters. The number of hydrogen-bond acceptors (Lipinski definition) is 9. The van der Waals surface area contributed by atoms with Crippen LogP contribution in [0.2, 0.25) is 0 Å². The predicted octanol–water partition coefficient (Wildman–Crippen LogP) is 3.55. The van der Waals surface area contributed by atoms with Gasteiger partial charge < -0.3 is 40.7 Å². The number of likely N-dealkylation sites (tertiary alicyclic amines) is 1. The molecule has 0 bridgehead atoms. The first-order chi connectivity index (χ1) is 24.9. The molecule has 4 amide bonds. The Balaban J connectivity index is 0.00000452. The molecule has 1 aromatic carbocycles. The van der Waals surface area contributed by atoms with Gasteiger partial charge in [0.15, 0.2) is 0 Å². The number of benzene rings is 1. The highest BCUT2D eigenvalue weighted by atomic mass is 16.5. The number of nitrogens with one attached hydrogen (secondary N) is 2. The van der Waals surface area contributed by atoms with E-state index in [1.54, 1.807) is 42.8 Å². The summed E-state index contributed by atoms with van der Waals surface area (Å²) in [5, 5.41) is 16.5. The zero-order chi connectivity index (χ0) is 40.6. The number of ether oxygens (including phenoxy) is 2. The lowest BCUT2D eigenvalue weighted by atomic mass is 9.90. The minimum atomic E-state index is -0.896. The molecule has 0 aromatic heterocycles. The van der Waals surface area contributed by atoms with Crippen molar-refractivity contribution in [1.82, 2.24) is 25.3 Å². The summed E-state index contributed by atoms with van der Waals surface area (Å²) in [6, 6.07) is 7.24. The van der Waals surface area contributed by atoms with Gasteiger partial charge in [0.05, 0.1) is 67.5 Å². The molecular formula is C40H72N6O7. The van der Waals surface area contributed by atoms with Gasteiger partial charge in [0, 0.05) is 21.3 Å². The molecule has 0 aliphatic carbocycles. The van der Waals surface area contributed by atoms with Crippen LogP contribution >= 0.6 is 0 Å². The molecule has 1 heterocycles. The van der Waals surface area contributed by atoms with Gasteiger partial charge in [0.2, 0.25) is 23.6 Å². The standard InChI is InChI=1S/C37H64N6O7.C3H8/c1-12-23(4)33(42(9)31(45)21-39-37(48)32(22(2)3)41(7)8)28(49-10)20-30(44)43-27(18-19-29(43)38)35(50-11)24(5)36(47)40-25(6)34(46)26-16-14-13-15-17-26;1-3-2/h13-17,22-25,27-29,32-35,46H,12,18-21,38H2,1-11H3,(H,39,48)(H,40,47);3H2,1-2H3. The molecule has 1 aliphatic rings. The monoisotopic (exact) mass is 749 g/mol. The van der Waals surface area contributed by atoms with Crippen molar-refractivity contribution >= 4 is 23.6 Å². The SMILES string of the molecule is CCC.CCC(C)C(C(CC(=O)N1C(N)CCC1C(OC)C(C)C(=O)NC(C)C(O)c1ccccc1)OC)N(C)C(=O)CNC(=O)C(C(C)C)N(C)C. The third kappa shape index (κ3) is 13.6. The number of carbonyl (C=O) groups is 4. The Hall–Kier alpha value is -3.10. The summed E-state index contributed by atoms with van der Waals surface area (Å²) in [5.41, 5.74) is 7.21. The number of likely N-dealkylation sites (N-methyl/N-ethyl adjacent to an activating group) is 2. The van der Waals surface area contributed by atoms with E-state index in [-0.39, 0.29) is 54.5 Å². The lowest BCUT2D eigenvalue weighted by Crippen LogP contribution is -2.57. The highest BCUT2D eigenvalue weighted by molar-refractivity contribution is 5.87. The van der Waals surface area contributed by atoms with Gasteiger partial charge in [0.25, 0.3) is 0 Å². The molecule has 1 saturated heterocycles. The molecule has 1 aromatic rings. The van der Waals surface area contributed by atoms with E-state index in [2.05, 4.69) is 24.5 Å². The number of aliphatic hydroxyl groups is 1. The Morgan fingerprint density at radius 1 is 0.943 bits per heavy atom. The first-order valence-electron chi connectivity index (χ1n) is 19.3. The van der Waals surface area contributed by atoms with E-state index in [1.807, 2.05) is 64.9 Å². The molecule has 0 saturated carbocycles. The van der Waals surface area contributed by atoms with Gasteiger partial charge in [-0.05, 0) is 51.3 Å². The smallest absolute Gasteiger partial charge is 0.242 e. The summed E-state index contributed by atoms with van der Waals surface area (Å²) < 4.78 is 11.8. The molecule has 53 heavy (non-hydrogen) atoms. The highest BCUT2D eigenvalue weighted by Gasteiger charge is 2.45. The Bertz CT molecular complexity index is 1240. The largest absolute Gasteiger partial charge is 0.386 e. The maximum Gasteiger partial charge on any atom is 0.242 e. The number of nitrogens with two attached hydrogens (primary N) is 1. The molecule has 304 valence electrons. The molecule has 2 rings (SSSR count). The molecule has 0 radical (unpaired) electrons. The van der Waals surface area contributed by atoms with E-state index < -0.39 is 48.5 Å². The second-order valence-corrected chi connectivity index (χ2v) is 15.1. The minimum Gasteiger partial charge on any atom is -0.386 e. The van der Waals surface area contributed by atoms with Gasteiger partial charge in [-0.25, -0.2) is 0 Å². The van der Waals surface area contributed by atoms with Gasteiger partial charge in [0.1, 0.15) is 0 Å². The maximum absolute atomic E-state index is 14.1. The van der Waals surface area contributed by atoms with Crippen molar-refractivity contribution in [2.24, 2.45) is 23.5 Å². The summed E-state index contributed by atoms with van der Waals surface area (Å²) in [6.45, 7) is 15.5. The van der Waals surface area contributed by atoms with E-state index in [4.69, 9.17) is 15.2 Å². The van der Waals surface area contributed by atoms with Gasteiger partial charge in [-0.2, -0.15) is 0 Å². The van der Waals surface area contributed by atoms with Crippen molar-refractivity contribution in [1.29, 1.82) is 0 Å². The fourth-order valence-corrected chi connectivity index (χ4v) is 7.33. The third-order valence-corrected chi connectivity index (χ3v) is 10.3. The highest BCUT2D eigenvalue weighted by Crippen LogP contribution is 2.31. The van der Waals surface area contributed by atoms with E-state index in [9.17, 15) is 24.3 Å². The minimum absolute atomic E-state index is 0.0331. The number of hydrogen-bond donors (Lipinski definition) is 4. The Morgan fingerprint density at radius 2 is 1.53 bits per heavy atom. The molecule has 13 nitrogen and oxygen atoms in total. The molecule has 0 spiro atoms. The van der Waals surface area contributed by atoms with Gasteiger partial charge in [-0.1, -0.05) is 91.6 Å². The fourth-order valence-electron chi connectivity index (χ4n) is 7.33. The third-order valence-electron chi connectivity index (χ3n) is 10.3. The van der Waals surface area contributed by atoms with Crippen LogP contribution in [0.15, 0.2) is 30.3 Å². The number of amides is 4. The maximum atomic E-state index is 14.1. The van der Waals surface area contributed by atoms with Crippen LogP contribution in [0.4, 0.5) is 0 Å². The number of aliphatic hydroxyl groups excluding tert-OH is 1. The van der Waals surface area contributed by atoms with Crippen LogP contribution in [-0.2, 0) is 28.7 Å². The second kappa shape index (κ2) is 23.6. The molecule has 1 aliphatic heterocycles. The number of carbonyl (C=O) groups excluding carboxylic acids is 4. The molecular weight excluding hydrogens is 676 g/mol. The summed E-state index contributed by atoms with van der Waals surface area (Å²) in [5.74, 6) is -1.73. The van der Waals surface area contributed by atoms with Crippen molar-refractivity contribution in [2.75, 3.05) is 41.9 Å². The zero-order valence-corrected chi connectivity index (χ0v) is 34.8. The lowest BCUT2D eigenvalue weighted by molar-refractivity contribution is -0.147. The van der Waals surface area contributed by atoms with Crippen molar-refractivity contribution in [2.45, 2.75) is 136 Å². The zero-order valence-electron chi connectivity index (χ0n) is 34.8. The Labute approximate surface area is 319 Å². The van der Waals surface area contributed by atoms with Crippen LogP contribution in [0.3, 0.4) is 0 Å². The molecule has 13 heteroatoms. The predicted molar refractivity (Wildman–Crippen MR) is 210 cm³/mol. The van der Waals surface area contributed by atoms with Crippen molar-refractivity contribution < 1.29 is 33.8 Å². The Kier molecular flexibility index (Phi) is 21.4. The number of methoxy groups -OCH3 is 2. The van der Waals surface area contributed by atoms with Crippen LogP contribution in [0.25, 0.3) is 0 Å². The van der Waals surface area contributed by atoms with E-state index in [0.29, 0.717) is 18.4 Å².